The Morgan fingerprint density at radius 2 is 1.90 bits per heavy atom. The summed E-state index contributed by atoms with van der Waals surface area (Å²) in [7, 11) is -4.17. The second-order valence-corrected chi connectivity index (χ2v) is 6.39. The lowest BCUT2D eigenvalue weighted by Gasteiger charge is -2.22. The molecule has 1 aromatic rings. The third kappa shape index (κ3) is 3.42. The summed E-state index contributed by atoms with van der Waals surface area (Å²) in [5.41, 5.74) is 0. The van der Waals surface area contributed by atoms with Gasteiger partial charge in [-0.25, -0.2) is 13.1 Å². The van der Waals surface area contributed by atoms with Gasteiger partial charge in [-0.3, -0.25) is 4.79 Å². The Balaban J connectivity index is 2.21. The highest BCUT2D eigenvalue weighted by molar-refractivity contribution is 7.90. The van der Waals surface area contributed by atoms with Crippen molar-refractivity contribution in [1.82, 2.24) is 4.72 Å². The van der Waals surface area contributed by atoms with E-state index in [0.29, 0.717) is 6.61 Å². The molecule has 0 aromatic heterocycles. The first-order valence-corrected chi connectivity index (χ1v) is 7.86. The van der Waals surface area contributed by atoms with Crippen molar-refractivity contribution in [1.29, 1.82) is 0 Å². The van der Waals surface area contributed by atoms with Crippen LogP contribution in [-0.4, -0.2) is 40.2 Å². The van der Waals surface area contributed by atoms with Gasteiger partial charge in [0, 0.05) is 0 Å². The number of carbonyl (C=O) groups excluding carboxylic acids is 1. The largest absolute Gasteiger partial charge is 0.376 e. The molecule has 1 N–H and O–H groups in total. The maximum Gasteiger partial charge on any atom is 0.267 e. The van der Waals surface area contributed by atoms with E-state index in [-0.39, 0.29) is 28.2 Å². The molecule has 1 aliphatic heterocycles. The van der Waals surface area contributed by atoms with Crippen LogP contribution >= 0.6 is 23.2 Å². The molecule has 1 saturated heterocycles. The topological polar surface area (TPSA) is 81.7 Å². The van der Waals surface area contributed by atoms with E-state index in [0.717, 1.165) is 0 Å². The molecule has 1 heterocycles. The first-order chi connectivity index (χ1) is 9.42. The van der Waals surface area contributed by atoms with Crippen molar-refractivity contribution < 1.29 is 22.7 Å². The molecule has 20 heavy (non-hydrogen) atoms. The fourth-order valence-corrected chi connectivity index (χ4v) is 3.78. The highest BCUT2D eigenvalue weighted by Gasteiger charge is 2.29. The Morgan fingerprint density at radius 3 is 2.45 bits per heavy atom. The third-order valence-electron chi connectivity index (χ3n) is 2.53. The maximum atomic E-state index is 12.1. The van der Waals surface area contributed by atoms with Gasteiger partial charge < -0.3 is 9.47 Å². The van der Waals surface area contributed by atoms with Gasteiger partial charge in [0.1, 0.15) is 4.90 Å². The van der Waals surface area contributed by atoms with Gasteiger partial charge in [0.2, 0.25) is 0 Å². The number of rotatable bonds is 3. The van der Waals surface area contributed by atoms with Crippen LogP contribution in [-0.2, 0) is 24.3 Å². The third-order valence-corrected chi connectivity index (χ3v) is 4.83. The summed E-state index contributed by atoms with van der Waals surface area (Å²) >= 11 is 11.6. The molecule has 1 fully saturated rings. The lowest BCUT2D eigenvalue weighted by atomic mass is 10.3. The van der Waals surface area contributed by atoms with Gasteiger partial charge in [-0.15, -0.1) is 0 Å². The molecule has 0 radical (unpaired) electrons. The van der Waals surface area contributed by atoms with E-state index in [1.54, 1.807) is 0 Å². The molecule has 1 atom stereocenters. The van der Waals surface area contributed by atoms with Crippen molar-refractivity contribution in [2.24, 2.45) is 0 Å². The van der Waals surface area contributed by atoms with Crippen LogP contribution in [0.5, 0.6) is 0 Å². The Labute approximate surface area is 126 Å². The number of halogens is 2. The number of carbonyl (C=O) groups is 1. The molecule has 1 aliphatic rings. The summed E-state index contributed by atoms with van der Waals surface area (Å²) in [6.07, 6.45) is -0.972. The van der Waals surface area contributed by atoms with E-state index in [4.69, 9.17) is 32.7 Å². The van der Waals surface area contributed by atoms with Gasteiger partial charge in [-0.1, -0.05) is 29.3 Å². The molecule has 0 unspecified atom stereocenters. The average Bonchev–Trinajstić information content (AvgIpc) is 2.38. The van der Waals surface area contributed by atoms with Crippen LogP contribution < -0.4 is 4.72 Å². The second kappa shape index (κ2) is 6.28. The normalized spacial score (nSPS) is 19.6. The fourth-order valence-electron chi connectivity index (χ4n) is 1.63. The summed E-state index contributed by atoms with van der Waals surface area (Å²) in [6, 6.07) is 4.24. The summed E-state index contributed by atoms with van der Waals surface area (Å²) in [6.45, 7) is 0.593. The van der Waals surface area contributed by atoms with Gasteiger partial charge in [0.15, 0.2) is 6.10 Å². The number of hydrogen-bond donors (Lipinski definition) is 1. The average molecular weight is 340 g/mol. The SMILES string of the molecule is O=C(NS(=O)(=O)c1c(Cl)cccc1Cl)[C@H]1COCCO1. The first-order valence-electron chi connectivity index (χ1n) is 5.62. The van der Waals surface area contributed by atoms with Gasteiger partial charge in [-0.05, 0) is 12.1 Å². The van der Waals surface area contributed by atoms with Gasteiger partial charge in [-0.2, -0.15) is 0 Å². The summed E-state index contributed by atoms with van der Waals surface area (Å²) < 4.78 is 36.3. The molecule has 1 amide bonds. The molecule has 2 rings (SSSR count). The van der Waals surface area contributed by atoms with Crippen LogP contribution in [0.3, 0.4) is 0 Å². The molecule has 0 saturated carbocycles. The summed E-state index contributed by atoms with van der Waals surface area (Å²) in [4.78, 5) is 11.5. The van der Waals surface area contributed by atoms with Crippen LogP contribution in [0.2, 0.25) is 10.0 Å². The van der Waals surface area contributed by atoms with Gasteiger partial charge in [0.25, 0.3) is 15.9 Å². The van der Waals surface area contributed by atoms with Crippen molar-refractivity contribution >= 4 is 39.1 Å². The van der Waals surface area contributed by atoms with Crippen LogP contribution in [0.25, 0.3) is 0 Å². The second-order valence-electron chi connectivity index (χ2n) is 3.95. The van der Waals surface area contributed by atoms with Crippen molar-refractivity contribution in [3.63, 3.8) is 0 Å². The summed E-state index contributed by atoms with van der Waals surface area (Å²) in [5.74, 6) is -0.819. The van der Waals surface area contributed by atoms with Crippen LogP contribution in [0.4, 0.5) is 0 Å². The number of hydrogen-bond acceptors (Lipinski definition) is 5. The predicted octanol–water partition coefficient (Wildman–Crippen LogP) is 1.21. The zero-order chi connectivity index (χ0) is 14.8. The van der Waals surface area contributed by atoms with E-state index >= 15 is 0 Å². The minimum Gasteiger partial charge on any atom is -0.376 e. The Morgan fingerprint density at radius 1 is 1.25 bits per heavy atom. The molecular formula is C11H11Cl2NO5S. The molecule has 6 nitrogen and oxygen atoms in total. The molecular weight excluding hydrogens is 329 g/mol. The number of benzene rings is 1. The zero-order valence-electron chi connectivity index (χ0n) is 10.1. The molecule has 0 aliphatic carbocycles. The molecule has 110 valence electrons. The van der Waals surface area contributed by atoms with Crippen molar-refractivity contribution in [2.45, 2.75) is 11.0 Å². The molecule has 9 heteroatoms. The minimum absolute atomic E-state index is 0.00237. The van der Waals surface area contributed by atoms with E-state index in [1.165, 1.54) is 18.2 Å². The Hall–Kier alpha value is -0.860. The lowest BCUT2D eigenvalue weighted by Crippen LogP contribution is -2.45. The van der Waals surface area contributed by atoms with Gasteiger partial charge >= 0.3 is 0 Å². The quantitative estimate of drug-likeness (QED) is 0.895. The number of sulfonamides is 1. The van der Waals surface area contributed by atoms with Crippen molar-refractivity contribution in [2.75, 3.05) is 19.8 Å². The smallest absolute Gasteiger partial charge is 0.267 e. The van der Waals surface area contributed by atoms with E-state index < -0.39 is 22.0 Å². The van der Waals surface area contributed by atoms with Crippen LogP contribution in [0.1, 0.15) is 0 Å². The van der Waals surface area contributed by atoms with Crippen molar-refractivity contribution in [3.8, 4) is 0 Å². The standard InChI is InChI=1S/C11H11Cl2NO5S/c12-7-2-1-3-8(13)10(7)20(16,17)14-11(15)9-6-18-4-5-19-9/h1-3,9H,4-6H2,(H,14,15)/t9-/m1/s1. The Kier molecular flexibility index (Phi) is 4.87. The zero-order valence-corrected chi connectivity index (χ0v) is 12.5. The highest BCUT2D eigenvalue weighted by Crippen LogP contribution is 2.28. The minimum atomic E-state index is -4.17. The predicted molar refractivity (Wildman–Crippen MR) is 72.3 cm³/mol. The van der Waals surface area contributed by atoms with Crippen LogP contribution in [0.15, 0.2) is 23.1 Å². The van der Waals surface area contributed by atoms with Crippen LogP contribution in [0, 0.1) is 0 Å². The fraction of sp³-hybridized carbons (Fsp3) is 0.364. The van der Waals surface area contributed by atoms with Crippen molar-refractivity contribution in [3.05, 3.63) is 28.2 Å². The van der Waals surface area contributed by atoms with E-state index in [9.17, 15) is 13.2 Å². The summed E-state index contributed by atoms with van der Waals surface area (Å²) in [5, 5.41) is -0.141. The van der Waals surface area contributed by atoms with E-state index in [2.05, 4.69) is 0 Å². The van der Waals surface area contributed by atoms with E-state index in [1.807, 2.05) is 4.72 Å². The Bertz CT molecular complexity index is 593. The van der Waals surface area contributed by atoms with Gasteiger partial charge in [0.05, 0.1) is 29.9 Å². The number of amides is 1. The molecule has 0 spiro atoms. The number of nitrogens with one attached hydrogen (secondary N) is 1. The monoisotopic (exact) mass is 339 g/mol. The maximum absolute atomic E-state index is 12.1. The molecule has 1 aromatic carbocycles. The molecule has 0 bridgehead atoms. The highest BCUT2D eigenvalue weighted by atomic mass is 35.5. The number of ether oxygens (including phenoxy) is 2. The first kappa shape index (κ1) is 15.5. The lowest BCUT2D eigenvalue weighted by molar-refractivity contribution is -0.145.